The van der Waals surface area contributed by atoms with E-state index in [1.165, 1.54) is 44.5 Å². The number of imidazole rings is 1. The zero-order valence-corrected chi connectivity index (χ0v) is 12.4. The molecule has 1 heterocycles. The Morgan fingerprint density at radius 1 is 1.32 bits per heavy atom. The first-order chi connectivity index (χ1) is 9.20. The van der Waals surface area contributed by atoms with Crippen molar-refractivity contribution in [2.75, 3.05) is 13.1 Å². The monoisotopic (exact) mass is 264 g/mol. The molecule has 1 aromatic rings. The Balaban J connectivity index is 1.87. The summed E-state index contributed by atoms with van der Waals surface area (Å²) in [7, 11) is 2.08. The molecule has 108 valence electrons. The summed E-state index contributed by atoms with van der Waals surface area (Å²) < 4.78 is 2.13. The van der Waals surface area contributed by atoms with Gasteiger partial charge in [-0.25, -0.2) is 4.98 Å². The number of hydrogen-bond acceptors (Lipinski definition) is 3. The Kier molecular flexibility index (Phi) is 5.40. The van der Waals surface area contributed by atoms with Gasteiger partial charge in [-0.2, -0.15) is 0 Å². The van der Waals surface area contributed by atoms with Crippen LogP contribution in [0.15, 0.2) is 12.4 Å². The minimum Gasteiger partial charge on any atom is -0.338 e. The number of nitrogens with two attached hydrogens (primary N) is 1. The number of aromatic nitrogens is 2. The van der Waals surface area contributed by atoms with Crippen LogP contribution in [0.25, 0.3) is 0 Å². The van der Waals surface area contributed by atoms with Crippen LogP contribution >= 0.6 is 0 Å². The summed E-state index contributed by atoms with van der Waals surface area (Å²) in [5.74, 6) is 1.19. The molecule has 0 spiro atoms. The van der Waals surface area contributed by atoms with Gasteiger partial charge < -0.3 is 10.3 Å². The third-order valence-corrected chi connectivity index (χ3v) is 4.31. The van der Waals surface area contributed by atoms with E-state index in [1.807, 2.05) is 12.4 Å². The lowest BCUT2D eigenvalue weighted by Crippen LogP contribution is -2.42. The summed E-state index contributed by atoms with van der Waals surface area (Å²) >= 11 is 0. The van der Waals surface area contributed by atoms with Crippen molar-refractivity contribution in [2.45, 2.75) is 57.5 Å². The smallest absolute Gasteiger partial charge is 0.109 e. The van der Waals surface area contributed by atoms with Crippen molar-refractivity contribution >= 4 is 0 Å². The van der Waals surface area contributed by atoms with Gasteiger partial charge in [-0.1, -0.05) is 6.92 Å². The van der Waals surface area contributed by atoms with Gasteiger partial charge in [0.2, 0.25) is 0 Å². The molecular weight excluding hydrogens is 236 g/mol. The van der Waals surface area contributed by atoms with Crippen molar-refractivity contribution in [3.8, 4) is 0 Å². The zero-order valence-electron chi connectivity index (χ0n) is 12.4. The van der Waals surface area contributed by atoms with Crippen LogP contribution in [0, 0.1) is 0 Å². The van der Waals surface area contributed by atoms with Gasteiger partial charge in [0.25, 0.3) is 0 Å². The van der Waals surface area contributed by atoms with E-state index in [9.17, 15) is 0 Å². The highest BCUT2D eigenvalue weighted by molar-refractivity contribution is 4.92. The lowest BCUT2D eigenvalue weighted by atomic mass is 9.90. The van der Waals surface area contributed by atoms with Gasteiger partial charge in [-0.05, 0) is 38.6 Å². The molecule has 1 fully saturated rings. The van der Waals surface area contributed by atoms with Gasteiger partial charge >= 0.3 is 0 Å². The van der Waals surface area contributed by atoms with E-state index in [4.69, 9.17) is 5.73 Å². The molecule has 0 saturated heterocycles. The Morgan fingerprint density at radius 2 is 2.05 bits per heavy atom. The highest BCUT2D eigenvalue weighted by Gasteiger charge is 2.23. The van der Waals surface area contributed by atoms with Crippen LogP contribution in [0.3, 0.4) is 0 Å². The molecule has 0 radical (unpaired) electrons. The van der Waals surface area contributed by atoms with Gasteiger partial charge in [-0.15, -0.1) is 0 Å². The molecule has 0 bridgehead atoms. The van der Waals surface area contributed by atoms with E-state index in [2.05, 4.69) is 28.4 Å². The van der Waals surface area contributed by atoms with E-state index >= 15 is 0 Å². The molecule has 0 atom stereocenters. The second-order valence-electron chi connectivity index (χ2n) is 5.81. The first-order valence-electron chi connectivity index (χ1n) is 7.66. The Hall–Kier alpha value is -0.870. The second-order valence-corrected chi connectivity index (χ2v) is 5.81. The molecule has 1 aromatic heterocycles. The molecule has 19 heavy (non-hydrogen) atoms. The predicted molar refractivity (Wildman–Crippen MR) is 79.0 cm³/mol. The van der Waals surface area contributed by atoms with Gasteiger partial charge in [0.1, 0.15) is 5.82 Å². The average Bonchev–Trinajstić information content (AvgIpc) is 2.81. The maximum absolute atomic E-state index is 6.01. The number of aryl methyl sites for hydroxylation is 1. The van der Waals surface area contributed by atoms with Crippen LogP contribution < -0.4 is 5.73 Å². The Bertz CT molecular complexity index is 366. The number of rotatable bonds is 6. The van der Waals surface area contributed by atoms with Gasteiger partial charge in [-0.3, -0.25) is 4.90 Å². The van der Waals surface area contributed by atoms with Crippen LogP contribution in [0.2, 0.25) is 0 Å². The summed E-state index contributed by atoms with van der Waals surface area (Å²) in [6.45, 7) is 4.59. The summed E-state index contributed by atoms with van der Waals surface area (Å²) in [6, 6.07) is 1.18. The fourth-order valence-corrected chi connectivity index (χ4v) is 3.11. The first kappa shape index (κ1) is 14.5. The molecule has 1 saturated carbocycles. The topological polar surface area (TPSA) is 47.1 Å². The predicted octanol–water partition coefficient (Wildman–Crippen LogP) is 1.94. The molecule has 4 nitrogen and oxygen atoms in total. The summed E-state index contributed by atoms with van der Waals surface area (Å²) in [6.07, 6.45) is 11.1. The summed E-state index contributed by atoms with van der Waals surface area (Å²) in [5, 5.41) is 0. The zero-order chi connectivity index (χ0) is 13.7. The molecule has 0 aromatic carbocycles. The van der Waals surface area contributed by atoms with Crippen LogP contribution in [-0.2, 0) is 13.5 Å². The summed E-state index contributed by atoms with van der Waals surface area (Å²) in [4.78, 5) is 7.07. The lowest BCUT2D eigenvalue weighted by Gasteiger charge is -2.36. The maximum atomic E-state index is 6.01. The minimum absolute atomic E-state index is 0.439. The number of hydrogen-bond donors (Lipinski definition) is 1. The van der Waals surface area contributed by atoms with Gasteiger partial charge in [0, 0.05) is 44.5 Å². The van der Waals surface area contributed by atoms with Crippen molar-refractivity contribution < 1.29 is 0 Å². The molecule has 4 heteroatoms. The van der Waals surface area contributed by atoms with Crippen LogP contribution in [0.5, 0.6) is 0 Å². The SMILES string of the molecule is CCCN(CCc1nccn1C)C1CCC(N)CC1. The van der Waals surface area contributed by atoms with Crippen molar-refractivity contribution in [1.82, 2.24) is 14.5 Å². The molecule has 2 N–H and O–H groups in total. The molecule has 2 rings (SSSR count). The van der Waals surface area contributed by atoms with E-state index in [0.717, 1.165) is 19.0 Å². The third-order valence-electron chi connectivity index (χ3n) is 4.31. The lowest BCUT2D eigenvalue weighted by molar-refractivity contribution is 0.150. The van der Waals surface area contributed by atoms with E-state index in [-0.39, 0.29) is 0 Å². The molecule has 0 unspecified atom stereocenters. The van der Waals surface area contributed by atoms with Crippen LogP contribution in [0.4, 0.5) is 0 Å². The standard InChI is InChI=1S/C15H28N4/c1-3-10-19(14-6-4-13(16)5-7-14)11-8-15-17-9-12-18(15)2/h9,12-14H,3-8,10-11,16H2,1-2H3. The second kappa shape index (κ2) is 7.06. The normalized spacial score (nSPS) is 24.0. The van der Waals surface area contributed by atoms with Crippen LogP contribution in [0.1, 0.15) is 44.9 Å². The Labute approximate surface area is 117 Å². The van der Waals surface area contributed by atoms with Crippen molar-refractivity contribution in [1.29, 1.82) is 0 Å². The van der Waals surface area contributed by atoms with Crippen molar-refractivity contribution in [2.24, 2.45) is 12.8 Å². The Morgan fingerprint density at radius 3 is 2.63 bits per heavy atom. The highest BCUT2D eigenvalue weighted by atomic mass is 15.2. The van der Waals surface area contributed by atoms with Gasteiger partial charge in [0.05, 0.1) is 0 Å². The number of nitrogens with zero attached hydrogens (tertiary/aromatic N) is 3. The van der Waals surface area contributed by atoms with E-state index in [0.29, 0.717) is 6.04 Å². The van der Waals surface area contributed by atoms with E-state index < -0.39 is 0 Å². The first-order valence-corrected chi connectivity index (χ1v) is 7.66. The highest BCUT2D eigenvalue weighted by Crippen LogP contribution is 2.22. The minimum atomic E-state index is 0.439. The molecule has 1 aliphatic rings. The maximum Gasteiger partial charge on any atom is 0.109 e. The average molecular weight is 264 g/mol. The van der Waals surface area contributed by atoms with Crippen molar-refractivity contribution in [3.63, 3.8) is 0 Å². The molecular formula is C15H28N4. The molecule has 0 amide bonds. The molecule has 0 aliphatic heterocycles. The van der Waals surface area contributed by atoms with Crippen molar-refractivity contribution in [3.05, 3.63) is 18.2 Å². The quantitative estimate of drug-likeness (QED) is 0.854. The molecule has 1 aliphatic carbocycles. The van der Waals surface area contributed by atoms with E-state index in [1.54, 1.807) is 0 Å². The van der Waals surface area contributed by atoms with Gasteiger partial charge in [0.15, 0.2) is 0 Å². The third kappa shape index (κ3) is 4.05. The fraction of sp³-hybridized carbons (Fsp3) is 0.800. The summed E-state index contributed by atoms with van der Waals surface area (Å²) in [5.41, 5.74) is 6.01. The largest absolute Gasteiger partial charge is 0.338 e. The fourth-order valence-electron chi connectivity index (χ4n) is 3.11. The van der Waals surface area contributed by atoms with Crippen LogP contribution in [-0.4, -0.2) is 39.6 Å².